The SMILES string of the molecule is CNCC1CCCN(Cc2cnn(CCO)c2)C1. The van der Waals surface area contributed by atoms with Gasteiger partial charge in [0.25, 0.3) is 0 Å². The van der Waals surface area contributed by atoms with Crippen molar-refractivity contribution in [3.8, 4) is 0 Å². The van der Waals surface area contributed by atoms with Gasteiger partial charge in [-0.3, -0.25) is 9.58 Å². The van der Waals surface area contributed by atoms with Crippen LogP contribution in [-0.4, -0.2) is 53.1 Å². The Hall–Kier alpha value is -0.910. The molecule has 0 bridgehead atoms. The summed E-state index contributed by atoms with van der Waals surface area (Å²) >= 11 is 0. The highest BCUT2D eigenvalue weighted by molar-refractivity contribution is 5.04. The molecule has 2 heterocycles. The van der Waals surface area contributed by atoms with Crippen LogP contribution >= 0.6 is 0 Å². The third-order valence-electron chi connectivity index (χ3n) is 3.52. The maximum Gasteiger partial charge on any atom is 0.0640 e. The number of aliphatic hydroxyl groups is 1. The molecule has 0 amide bonds. The number of aliphatic hydroxyl groups excluding tert-OH is 1. The van der Waals surface area contributed by atoms with E-state index in [1.165, 1.54) is 31.5 Å². The molecule has 0 aromatic carbocycles. The highest BCUT2D eigenvalue weighted by Crippen LogP contribution is 2.17. The summed E-state index contributed by atoms with van der Waals surface area (Å²) in [5, 5.41) is 16.4. The predicted molar refractivity (Wildman–Crippen MR) is 71.2 cm³/mol. The first-order valence-electron chi connectivity index (χ1n) is 6.81. The minimum atomic E-state index is 0.148. The molecule has 2 N–H and O–H groups in total. The molecule has 1 aliphatic heterocycles. The Morgan fingerprint density at radius 2 is 2.44 bits per heavy atom. The topological polar surface area (TPSA) is 53.3 Å². The van der Waals surface area contributed by atoms with Crippen molar-refractivity contribution in [1.82, 2.24) is 20.0 Å². The Kier molecular flexibility index (Phi) is 5.16. The van der Waals surface area contributed by atoms with Gasteiger partial charge in [-0.25, -0.2) is 0 Å². The Bertz CT molecular complexity index is 351. The number of piperidine rings is 1. The van der Waals surface area contributed by atoms with Crippen molar-refractivity contribution in [2.24, 2.45) is 5.92 Å². The zero-order valence-electron chi connectivity index (χ0n) is 11.2. The van der Waals surface area contributed by atoms with E-state index in [0.29, 0.717) is 6.54 Å². The molecule has 1 unspecified atom stereocenters. The highest BCUT2D eigenvalue weighted by Gasteiger charge is 2.19. The molecule has 18 heavy (non-hydrogen) atoms. The molecule has 1 atom stereocenters. The van der Waals surface area contributed by atoms with E-state index in [1.54, 1.807) is 0 Å². The normalized spacial score (nSPS) is 21.3. The van der Waals surface area contributed by atoms with E-state index in [2.05, 4.69) is 15.3 Å². The molecule has 1 aliphatic rings. The third-order valence-corrected chi connectivity index (χ3v) is 3.52. The van der Waals surface area contributed by atoms with Crippen molar-refractivity contribution in [2.75, 3.05) is 33.3 Å². The third kappa shape index (κ3) is 3.80. The van der Waals surface area contributed by atoms with E-state index in [1.807, 2.05) is 24.1 Å². The van der Waals surface area contributed by atoms with Crippen molar-refractivity contribution in [2.45, 2.75) is 25.9 Å². The van der Waals surface area contributed by atoms with Gasteiger partial charge in [0.1, 0.15) is 0 Å². The summed E-state index contributed by atoms with van der Waals surface area (Å²) in [6, 6.07) is 0. The molecule has 1 aromatic heterocycles. The van der Waals surface area contributed by atoms with Gasteiger partial charge in [-0.05, 0) is 38.9 Å². The number of hydrogen-bond donors (Lipinski definition) is 2. The monoisotopic (exact) mass is 252 g/mol. The van der Waals surface area contributed by atoms with Gasteiger partial charge in [0.05, 0.1) is 19.3 Å². The summed E-state index contributed by atoms with van der Waals surface area (Å²) in [6.45, 7) is 5.18. The largest absolute Gasteiger partial charge is 0.394 e. The van der Waals surface area contributed by atoms with Crippen molar-refractivity contribution < 1.29 is 5.11 Å². The van der Waals surface area contributed by atoms with Crippen LogP contribution in [0.2, 0.25) is 0 Å². The maximum atomic E-state index is 8.87. The maximum absolute atomic E-state index is 8.87. The molecule has 5 nitrogen and oxygen atoms in total. The van der Waals surface area contributed by atoms with Gasteiger partial charge in [-0.2, -0.15) is 5.10 Å². The smallest absolute Gasteiger partial charge is 0.0640 e. The van der Waals surface area contributed by atoms with Crippen molar-refractivity contribution in [3.05, 3.63) is 18.0 Å². The highest BCUT2D eigenvalue weighted by atomic mass is 16.3. The second kappa shape index (κ2) is 6.87. The van der Waals surface area contributed by atoms with E-state index in [9.17, 15) is 0 Å². The van der Waals surface area contributed by atoms with Crippen molar-refractivity contribution >= 4 is 0 Å². The first-order valence-corrected chi connectivity index (χ1v) is 6.81. The summed E-state index contributed by atoms with van der Waals surface area (Å²) in [5.74, 6) is 0.774. The van der Waals surface area contributed by atoms with E-state index in [4.69, 9.17) is 5.11 Å². The standard InChI is InChI=1S/C13H24N4O/c1-14-7-12-3-2-4-16(9-12)10-13-8-15-17(11-13)5-6-18/h8,11-12,14,18H,2-7,9-10H2,1H3. The summed E-state index contributed by atoms with van der Waals surface area (Å²) in [6.07, 6.45) is 6.58. The lowest BCUT2D eigenvalue weighted by molar-refractivity contribution is 0.167. The fourth-order valence-electron chi connectivity index (χ4n) is 2.72. The molecule has 1 aromatic rings. The lowest BCUT2D eigenvalue weighted by Gasteiger charge is -2.32. The fourth-order valence-corrected chi connectivity index (χ4v) is 2.72. The average molecular weight is 252 g/mol. The van der Waals surface area contributed by atoms with Gasteiger partial charge >= 0.3 is 0 Å². The molecule has 0 spiro atoms. The molecule has 2 rings (SSSR count). The van der Waals surface area contributed by atoms with Crippen LogP contribution in [0, 0.1) is 5.92 Å². The molecule has 1 fully saturated rings. The first kappa shape index (κ1) is 13.5. The van der Waals surface area contributed by atoms with Gasteiger partial charge in [-0.1, -0.05) is 0 Å². The Morgan fingerprint density at radius 1 is 1.56 bits per heavy atom. The van der Waals surface area contributed by atoms with Gasteiger partial charge in [0.15, 0.2) is 0 Å². The van der Waals surface area contributed by atoms with Crippen LogP contribution in [0.15, 0.2) is 12.4 Å². The summed E-state index contributed by atoms with van der Waals surface area (Å²) in [5.41, 5.74) is 1.24. The van der Waals surface area contributed by atoms with Gasteiger partial charge in [0, 0.05) is 24.8 Å². The van der Waals surface area contributed by atoms with Crippen LogP contribution in [0.5, 0.6) is 0 Å². The van der Waals surface area contributed by atoms with Gasteiger partial charge < -0.3 is 10.4 Å². The minimum absolute atomic E-state index is 0.148. The van der Waals surface area contributed by atoms with Gasteiger partial charge in [-0.15, -0.1) is 0 Å². The predicted octanol–water partition coefficient (Wildman–Crippen LogP) is 0.307. The second-order valence-electron chi connectivity index (χ2n) is 5.14. The molecular formula is C13H24N4O. The van der Waals surface area contributed by atoms with E-state index >= 15 is 0 Å². The molecule has 0 radical (unpaired) electrons. The molecule has 0 saturated carbocycles. The van der Waals surface area contributed by atoms with Gasteiger partial charge in [0.2, 0.25) is 0 Å². The zero-order chi connectivity index (χ0) is 12.8. The summed E-state index contributed by atoms with van der Waals surface area (Å²) in [7, 11) is 2.03. The number of aromatic nitrogens is 2. The van der Waals surface area contributed by atoms with Crippen LogP contribution in [0.3, 0.4) is 0 Å². The number of rotatable bonds is 6. The molecule has 1 saturated heterocycles. The van der Waals surface area contributed by atoms with Crippen molar-refractivity contribution in [3.63, 3.8) is 0 Å². The molecule has 102 valence electrons. The van der Waals surface area contributed by atoms with E-state index < -0.39 is 0 Å². The van der Waals surface area contributed by atoms with Crippen molar-refractivity contribution in [1.29, 1.82) is 0 Å². The van der Waals surface area contributed by atoms with E-state index in [-0.39, 0.29) is 6.61 Å². The van der Waals surface area contributed by atoms with Crippen LogP contribution in [0.4, 0.5) is 0 Å². The van der Waals surface area contributed by atoms with E-state index in [0.717, 1.165) is 19.0 Å². The Balaban J connectivity index is 1.84. The van der Waals surface area contributed by atoms with Crippen LogP contribution < -0.4 is 5.32 Å². The summed E-state index contributed by atoms with van der Waals surface area (Å²) in [4.78, 5) is 2.51. The molecule has 0 aliphatic carbocycles. The summed E-state index contributed by atoms with van der Waals surface area (Å²) < 4.78 is 1.81. The number of nitrogens with zero attached hydrogens (tertiary/aromatic N) is 3. The number of nitrogens with one attached hydrogen (secondary N) is 1. The first-order chi connectivity index (χ1) is 8.81. The lowest BCUT2D eigenvalue weighted by atomic mass is 9.98. The lowest BCUT2D eigenvalue weighted by Crippen LogP contribution is -2.38. The quantitative estimate of drug-likeness (QED) is 0.765. The molecule has 5 heteroatoms. The van der Waals surface area contributed by atoms with Crippen LogP contribution in [-0.2, 0) is 13.1 Å². The van der Waals surface area contributed by atoms with Crippen LogP contribution in [0.1, 0.15) is 18.4 Å². The Labute approximate surface area is 109 Å². The second-order valence-corrected chi connectivity index (χ2v) is 5.14. The zero-order valence-corrected chi connectivity index (χ0v) is 11.2. The molecular weight excluding hydrogens is 228 g/mol. The van der Waals surface area contributed by atoms with Crippen LogP contribution in [0.25, 0.3) is 0 Å². The average Bonchev–Trinajstić information content (AvgIpc) is 2.78. The number of hydrogen-bond acceptors (Lipinski definition) is 4. The number of likely N-dealkylation sites (tertiary alicyclic amines) is 1. The Morgan fingerprint density at radius 3 is 3.22 bits per heavy atom. The minimum Gasteiger partial charge on any atom is -0.394 e. The fraction of sp³-hybridized carbons (Fsp3) is 0.769.